The number of nitrogens with zero attached hydrogens (tertiary/aromatic N) is 2. The maximum atomic E-state index is 13.1. The molecule has 1 atom stereocenters. The zero-order valence-corrected chi connectivity index (χ0v) is 18.9. The Morgan fingerprint density at radius 3 is 2.55 bits per heavy atom. The molecule has 2 aromatic carbocycles. The topological polar surface area (TPSA) is 66.6 Å². The number of rotatable bonds is 7. The van der Waals surface area contributed by atoms with Gasteiger partial charge in [0.25, 0.3) is 5.91 Å². The van der Waals surface area contributed by atoms with Gasteiger partial charge in [-0.1, -0.05) is 48.5 Å². The van der Waals surface area contributed by atoms with Crippen LogP contribution < -0.4 is 5.73 Å². The highest BCUT2D eigenvalue weighted by Gasteiger charge is 2.31. The standard InChI is InChI=1S/C25H29N3O2S/c1-17(2)28(14-18-8-4-3-5-9-18)22(29)16-27-13-12-19(15-27)23-20-10-6-7-11-21(20)31-24(23)25(26)30/h3-11,17,19H,12-16H2,1-2H3,(H2,26,30)/t19-/m1/s1. The molecule has 31 heavy (non-hydrogen) atoms. The van der Waals surface area contributed by atoms with Crippen LogP contribution in [0.15, 0.2) is 54.6 Å². The molecule has 0 saturated carbocycles. The summed E-state index contributed by atoms with van der Waals surface area (Å²) >= 11 is 1.48. The minimum absolute atomic E-state index is 0.133. The fourth-order valence-corrected chi connectivity index (χ4v) is 5.63. The van der Waals surface area contributed by atoms with Gasteiger partial charge >= 0.3 is 0 Å². The van der Waals surface area contributed by atoms with Gasteiger partial charge in [-0.25, -0.2) is 0 Å². The van der Waals surface area contributed by atoms with Crippen molar-refractivity contribution in [2.24, 2.45) is 5.73 Å². The first-order valence-corrected chi connectivity index (χ1v) is 11.6. The number of hydrogen-bond donors (Lipinski definition) is 1. The van der Waals surface area contributed by atoms with E-state index in [2.05, 4.69) is 36.9 Å². The quantitative estimate of drug-likeness (QED) is 0.604. The zero-order valence-electron chi connectivity index (χ0n) is 18.1. The highest BCUT2D eigenvalue weighted by molar-refractivity contribution is 7.21. The Morgan fingerprint density at radius 1 is 1.13 bits per heavy atom. The summed E-state index contributed by atoms with van der Waals surface area (Å²) in [6, 6.07) is 18.3. The summed E-state index contributed by atoms with van der Waals surface area (Å²) in [5.74, 6) is -0.00236. The molecule has 1 fully saturated rings. The van der Waals surface area contributed by atoms with Crippen LogP contribution in [0.5, 0.6) is 0 Å². The fraction of sp³-hybridized carbons (Fsp3) is 0.360. The molecule has 3 aromatic rings. The number of likely N-dealkylation sites (tertiary alicyclic amines) is 1. The molecule has 4 rings (SSSR count). The second-order valence-electron chi connectivity index (χ2n) is 8.53. The lowest BCUT2D eigenvalue weighted by Gasteiger charge is -2.29. The molecule has 1 aromatic heterocycles. The largest absolute Gasteiger partial charge is 0.365 e. The van der Waals surface area contributed by atoms with Crippen LogP contribution in [0, 0.1) is 0 Å². The molecular formula is C25H29N3O2S. The maximum Gasteiger partial charge on any atom is 0.259 e. The number of carbonyl (C=O) groups excluding carboxylic acids is 2. The minimum atomic E-state index is -0.362. The summed E-state index contributed by atoms with van der Waals surface area (Å²) in [6.45, 7) is 6.75. The van der Waals surface area contributed by atoms with Crippen molar-refractivity contribution in [1.29, 1.82) is 0 Å². The van der Waals surface area contributed by atoms with Crippen molar-refractivity contribution < 1.29 is 9.59 Å². The van der Waals surface area contributed by atoms with Gasteiger partial charge in [0.1, 0.15) is 0 Å². The lowest BCUT2D eigenvalue weighted by molar-refractivity contribution is -0.134. The Hall–Kier alpha value is -2.70. The average Bonchev–Trinajstić information content (AvgIpc) is 3.36. The van der Waals surface area contributed by atoms with Crippen LogP contribution in [0.25, 0.3) is 10.1 Å². The van der Waals surface area contributed by atoms with Crippen molar-refractivity contribution in [3.05, 3.63) is 70.6 Å². The van der Waals surface area contributed by atoms with Crippen LogP contribution in [-0.4, -0.2) is 47.3 Å². The van der Waals surface area contributed by atoms with E-state index in [1.54, 1.807) is 0 Å². The van der Waals surface area contributed by atoms with Crippen LogP contribution in [0.1, 0.15) is 47.0 Å². The molecule has 2 N–H and O–H groups in total. The van der Waals surface area contributed by atoms with E-state index < -0.39 is 0 Å². The summed E-state index contributed by atoms with van der Waals surface area (Å²) in [5.41, 5.74) is 7.91. The van der Waals surface area contributed by atoms with Gasteiger partial charge in [0.05, 0.1) is 11.4 Å². The molecule has 0 spiro atoms. The molecule has 5 nitrogen and oxygen atoms in total. The first kappa shape index (κ1) is 21.5. The van der Waals surface area contributed by atoms with Gasteiger partial charge in [0, 0.05) is 29.7 Å². The molecule has 6 heteroatoms. The third-order valence-corrected chi connectivity index (χ3v) is 7.24. The Kier molecular flexibility index (Phi) is 6.39. The van der Waals surface area contributed by atoms with Crippen molar-refractivity contribution in [2.75, 3.05) is 19.6 Å². The molecule has 0 radical (unpaired) electrons. The summed E-state index contributed by atoms with van der Waals surface area (Å²) in [4.78, 5) is 30.1. The smallest absolute Gasteiger partial charge is 0.259 e. The van der Waals surface area contributed by atoms with Gasteiger partial charge in [-0.15, -0.1) is 11.3 Å². The molecule has 0 bridgehead atoms. The lowest BCUT2D eigenvalue weighted by atomic mass is 9.95. The maximum absolute atomic E-state index is 13.1. The van der Waals surface area contributed by atoms with E-state index in [1.165, 1.54) is 11.3 Å². The summed E-state index contributed by atoms with van der Waals surface area (Å²) in [7, 11) is 0. The molecule has 1 aliphatic rings. The van der Waals surface area contributed by atoms with E-state index in [1.807, 2.05) is 41.3 Å². The van der Waals surface area contributed by atoms with E-state index in [4.69, 9.17) is 5.73 Å². The number of carbonyl (C=O) groups is 2. The third-order valence-electron chi connectivity index (χ3n) is 6.04. The van der Waals surface area contributed by atoms with Gasteiger partial charge in [0.15, 0.2) is 0 Å². The van der Waals surface area contributed by atoms with Gasteiger partial charge in [-0.3, -0.25) is 14.5 Å². The van der Waals surface area contributed by atoms with Crippen LogP contribution in [0.4, 0.5) is 0 Å². The van der Waals surface area contributed by atoms with Crippen molar-refractivity contribution in [2.45, 2.75) is 38.8 Å². The Morgan fingerprint density at radius 2 is 1.84 bits per heavy atom. The van der Waals surface area contributed by atoms with E-state index in [0.717, 1.165) is 40.7 Å². The zero-order chi connectivity index (χ0) is 22.0. The molecule has 162 valence electrons. The lowest BCUT2D eigenvalue weighted by Crippen LogP contribution is -2.42. The number of benzene rings is 2. The SMILES string of the molecule is CC(C)N(Cc1ccccc1)C(=O)CN1CC[C@@H](c2c(C(N)=O)sc3ccccc23)C1. The predicted molar refractivity (Wildman–Crippen MR) is 126 cm³/mol. The number of hydrogen-bond acceptors (Lipinski definition) is 4. The average molecular weight is 436 g/mol. The molecule has 1 aliphatic heterocycles. The fourth-order valence-electron chi connectivity index (χ4n) is 4.49. The summed E-state index contributed by atoms with van der Waals surface area (Å²) in [6.07, 6.45) is 0.925. The monoisotopic (exact) mass is 435 g/mol. The summed E-state index contributed by atoms with van der Waals surface area (Å²) < 4.78 is 1.09. The molecule has 1 saturated heterocycles. The first-order valence-electron chi connectivity index (χ1n) is 10.8. The Labute approximate surface area is 187 Å². The van der Waals surface area contributed by atoms with Crippen molar-refractivity contribution in [3.8, 4) is 0 Å². The van der Waals surface area contributed by atoms with Crippen LogP contribution in [-0.2, 0) is 11.3 Å². The molecule has 2 amide bonds. The summed E-state index contributed by atoms with van der Waals surface area (Å²) in [5, 5.41) is 1.12. The van der Waals surface area contributed by atoms with Gasteiger partial charge < -0.3 is 10.6 Å². The number of primary amides is 1. The van der Waals surface area contributed by atoms with Crippen molar-refractivity contribution >= 4 is 33.2 Å². The number of nitrogens with two attached hydrogens (primary N) is 1. The van der Waals surface area contributed by atoms with Gasteiger partial charge in [-0.05, 0) is 49.4 Å². The van der Waals surface area contributed by atoms with Gasteiger partial charge in [0.2, 0.25) is 5.91 Å². The van der Waals surface area contributed by atoms with Crippen LogP contribution in [0.3, 0.4) is 0 Å². The highest BCUT2D eigenvalue weighted by atomic mass is 32.1. The van der Waals surface area contributed by atoms with E-state index >= 15 is 0 Å². The second-order valence-corrected chi connectivity index (χ2v) is 9.58. The molecule has 2 heterocycles. The van der Waals surface area contributed by atoms with Crippen LogP contribution in [0.2, 0.25) is 0 Å². The van der Waals surface area contributed by atoms with E-state index in [-0.39, 0.29) is 23.8 Å². The molecule has 0 unspecified atom stereocenters. The normalized spacial score (nSPS) is 16.8. The third kappa shape index (κ3) is 4.65. The number of fused-ring (bicyclic) bond motifs is 1. The highest BCUT2D eigenvalue weighted by Crippen LogP contribution is 2.39. The van der Waals surface area contributed by atoms with Crippen LogP contribution >= 0.6 is 11.3 Å². The van der Waals surface area contributed by atoms with Crippen molar-refractivity contribution in [3.63, 3.8) is 0 Å². The predicted octanol–water partition coefficient (Wildman–Crippen LogP) is 4.23. The second kappa shape index (κ2) is 9.20. The molecule has 0 aliphatic carbocycles. The Bertz CT molecular complexity index is 1080. The number of amides is 2. The first-order chi connectivity index (χ1) is 14.9. The van der Waals surface area contributed by atoms with E-state index in [0.29, 0.717) is 18.0 Å². The molecular weight excluding hydrogens is 406 g/mol. The van der Waals surface area contributed by atoms with Crippen molar-refractivity contribution in [1.82, 2.24) is 9.80 Å². The minimum Gasteiger partial charge on any atom is -0.365 e. The number of thiophene rings is 1. The van der Waals surface area contributed by atoms with Gasteiger partial charge in [-0.2, -0.15) is 0 Å². The van der Waals surface area contributed by atoms with E-state index in [9.17, 15) is 9.59 Å². The Balaban J connectivity index is 1.48.